The average molecular weight is 383 g/mol. The van der Waals surface area contributed by atoms with Gasteiger partial charge in [0, 0.05) is 9.13 Å². The molecule has 0 aliphatic carbocycles. The second kappa shape index (κ2) is 6.13. The highest BCUT2D eigenvalue weighted by Gasteiger charge is 2.09. The standard InChI is InChI=1S/C15H14INO3/c16-11-4-5-12(15(17)20)10(8-11)3-1-9-2-6-13(18)14(19)7-9/h2,4-8,18-19H,1,3H2,(H2,17,20). The lowest BCUT2D eigenvalue weighted by Gasteiger charge is -2.08. The Morgan fingerprint density at radius 3 is 2.45 bits per heavy atom. The fourth-order valence-corrected chi connectivity index (χ4v) is 2.57. The summed E-state index contributed by atoms with van der Waals surface area (Å²) < 4.78 is 1.04. The number of hydrogen-bond donors (Lipinski definition) is 3. The van der Waals surface area contributed by atoms with Gasteiger partial charge in [-0.05, 0) is 76.9 Å². The Hall–Kier alpha value is -1.76. The Balaban J connectivity index is 2.20. The average Bonchev–Trinajstić information content (AvgIpc) is 2.40. The van der Waals surface area contributed by atoms with Gasteiger partial charge in [-0.15, -0.1) is 0 Å². The second-order valence-corrected chi connectivity index (χ2v) is 5.73. The van der Waals surface area contributed by atoms with Crippen molar-refractivity contribution in [1.82, 2.24) is 0 Å². The van der Waals surface area contributed by atoms with E-state index in [0.717, 1.165) is 14.7 Å². The number of carbonyl (C=O) groups excluding carboxylic acids is 1. The van der Waals surface area contributed by atoms with Crippen molar-refractivity contribution in [2.75, 3.05) is 0 Å². The summed E-state index contributed by atoms with van der Waals surface area (Å²) in [4.78, 5) is 11.4. The predicted molar refractivity (Wildman–Crippen MR) is 84.9 cm³/mol. The molecule has 0 saturated heterocycles. The number of benzene rings is 2. The number of aryl methyl sites for hydroxylation is 2. The molecule has 2 aromatic carbocycles. The molecule has 0 atom stereocenters. The summed E-state index contributed by atoms with van der Waals surface area (Å²) in [5.41, 5.74) is 7.65. The minimum Gasteiger partial charge on any atom is -0.504 e. The monoisotopic (exact) mass is 383 g/mol. The normalized spacial score (nSPS) is 10.4. The molecule has 2 aromatic rings. The number of halogens is 1. The van der Waals surface area contributed by atoms with Crippen molar-refractivity contribution in [3.05, 3.63) is 56.7 Å². The third-order valence-corrected chi connectivity index (χ3v) is 3.73. The van der Waals surface area contributed by atoms with E-state index < -0.39 is 5.91 Å². The van der Waals surface area contributed by atoms with Crippen molar-refractivity contribution < 1.29 is 15.0 Å². The maximum absolute atomic E-state index is 11.4. The van der Waals surface area contributed by atoms with Crippen molar-refractivity contribution in [1.29, 1.82) is 0 Å². The molecule has 0 radical (unpaired) electrons. The molecule has 0 bridgehead atoms. The third kappa shape index (κ3) is 3.41. The molecular weight excluding hydrogens is 369 g/mol. The van der Waals surface area contributed by atoms with Gasteiger partial charge in [0.2, 0.25) is 5.91 Å². The smallest absolute Gasteiger partial charge is 0.248 e. The third-order valence-electron chi connectivity index (χ3n) is 3.06. The summed E-state index contributed by atoms with van der Waals surface area (Å²) in [6.45, 7) is 0. The summed E-state index contributed by atoms with van der Waals surface area (Å²) in [7, 11) is 0. The van der Waals surface area contributed by atoms with E-state index in [9.17, 15) is 15.0 Å². The van der Waals surface area contributed by atoms with Gasteiger partial charge in [-0.3, -0.25) is 4.79 Å². The molecule has 0 fully saturated rings. The lowest BCUT2D eigenvalue weighted by molar-refractivity contribution is 0.0999. The molecule has 1 amide bonds. The van der Waals surface area contributed by atoms with Gasteiger partial charge in [0.15, 0.2) is 11.5 Å². The molecule has 20 heavy (non-hydrogen) atoms. The fourth-order valence-electron chi connectivity index (χ4n) is 2.01. The first-order valence-corrected chi connectivity index (χ1v) is 7.14. The van der Waals surface area contributed by atoms with Gasteiger partial charge in [-0.2, -0.15) is 0 Å². The minimum absolute atomic E-state index is 0.138. The van der Waals surface area contributed by atoms with Gasteiger partial charge in [0.1, 0.15) is 0 Å². The molecule has 0 saturated carbocycles. The van der Waals surface area contributed by atoms with Gasteiger partial charge in [-0.25, -0.2) is 0 Å². The molecule has 0 aromatic heterocycles. The van der Waals surface area contributed by atoms with E-state index in [1.807, 2.05) is 12.1 Å². The van der Waals surface area contributed by atoms with E-state index >= 15 is 0 Å². The van der Waals surface area contributed by atoms with Crippen LogP contribution in [-0.2, 0) is 12.8 Å². The molecule has 0 aliphatic rings. The van der Waals surface area contributed by atoms with Crippen molar-refractivity contribution in [3.8, 4) is 11.5 Å². The van der Waals surface area contributed by atoms with Crippen molar-refractivity contribution in [2.45, 2.75) is 12.8 Å². The molecule has 0 heterocycles. The van der Waals surface area contributed by atoms with Crippen LogP contribution in [0.2, 0.25) is 0 Å². The molecule has 0 aliphatic heterocycles. The molecule has 0 unspecified atom stereocenters. The van der Waals surface area contributed by atoms with E-state index in [0.29, 0.717) is 18.4 Å². The highest BCUT2D eigenvalue weighted by Crippen LogP contribution is 2.26. The van der Waals surface area contributed by atoms with Crippen molar-refractivity contribution >= 4 is 28.5 Å². The van der Waals surface area contributed by atoms with Crippen LogP contribution in [-0.4, -0.2) is 16.1 Å². The maximum atomic E-state index is 11.4. The van der Waals surface area contributed by atoms with Gasteiger partial charge < -0.3 is 15.9 Å². The van der Waals surface area contributed by atoms with Gasteiger partial charge in [0.05, 0.1) is 0 Å². The Morgan fingerprint density at radius 2 is 1.80 bits per heavy atom. The van der Waals surface area contributed by atoms with Crippen LogP contribution in [0.1, 0.15) is 21.5 Å². The minimum atomic E-state index is -0.440. The number of phenolic OH excluding ortho intramolecular Hbond substituents is 2. The summed E-state index contributed by atoms with van der Waals surface area (Å²) in [5.74, 6) is -0.717. The van der Waals surface area contributed by atoms with Gasteiger partial charge in [-0.1, -0.05) is 6.07 Å². The Bertz CT molecular complexity index is 656. The maximum Gasteiger partial charge on any atom is 0.248 e. The van der Waals surface area contributed by atoms with E-state index in [1.165, 1.54) is 12.1 Å². The lowest BCUT2D eigenvalue weighted by Crippen LogP contribution is -2.14. The summed E-state index contributed by atoms with van der Waals surface area (Å²) in [5, 5.41) is 18.7. The van der Waals surface area contributed by atoms with E-state index in [2.05, 4.69) is 22.6 Å². The fraction of sp³-hybridized carbons (Fsp3) is 0.133. The van der Waals surface area contributed by atoms with Crippen LogP contribution in [0.4, 0.5) is 0 Å². The summed E-state index contributed by atoms with van der Waals surface area (Å²) in [6, 6.07) is 10.2. The van der Waals surface area contributed by atoms with Crippen LogP contribution in [0.15, 0.2) is 36.4 Å². The van der Waals surface area contributed by atoms with Crippen LogP contribution in [0.3, 0.4) is 0 Å². The lowest BCUT2D eigenvalue weighted by atomic mass is 9.99. The number of nitrogens with two attached hydrogens (primary N) is 1. The molecule has 4 nitrogen and oxygen atoms in total. The Kier molecular flexibility index (Phi) is 4.49. The molecule has 0 spiro atoms. The van der Waals surface area contributed by atoms with E-state index in [4.69, 9.17) is 5.73 Å². The van der Waals surface area contributed by atoms with Crippen LogP contribution in [0.5, 0.6) is 11.5 Å². The molecule has 2 rings (SSSR count). The molecule has 104 valence electrons. The number of amides is 1. The zero-order valence-corrected chi connectivity index (χ0v) is 12.8. The zero-order chi connectivity index (χ0) is 14.7. The first-order chi connectivity index (χ1) is 9.47. The number of rotatable bonds is 4. The van der Waals surface area contributed by atoms with Crippen LogP contribution >= 0.6 is 22.6 Å². The predicted octanol–water partition coefficient (Wildman–Crippen LogP) is 2.59. The second-order valence-electron chi connectivity index (χ2n) is 4.49. The topological polar surface area (TPSA) is 83.6 Å². The van der Waals surface area contributed by atoms with Crippen molar-refractivity contribution in [3.63, 3.8) is 0 Å². The number of hydrogen-bond acceptors (Lipinski definition) is 3. The van der Waals surface area contributed by atoms with Crippen LogP contribution in [0, 0.1) is 3.57 Å². The first kappa shape index (κ1) is 14.6. The van der Waals surface area contributed by atoms with E-state index in [1.54, 1.807) is 12.1 Å². The molecule has 4 N–H and O–H groups in total. The quantitative estimate of drug-likeness (QED) is 0.561. The number of phenols is 2. The highest BCUT2D eigenvalue weighted by atomic mass is 127. The number of primary amides is 1. The van der Waals surface area contributed by atoms with Gasteiger partial charge >= 0.3 is 0 Å². The zero-order valence-electron chi connectivity index (χ0n) is 10.6. The van der Waals surface area contributed by atoms with Gasteiger partial charge in [0.25, 0.3) is 0 Å². The SMILES string of the molecule is NC(=O)c1ccc(I)cc1CCc1ccc(O)c(O)c1. The van der Waals surface area contributed by atoms with Crippen LogP contribution < -0.4 is 5.73 Å². The largest absolute Gasteiger partial charge is 0.504 e. The highest BCUT2D eigenvalue weighted by molar-refractivity contribution is 14.1. The van der Waals surface area contributed by atoms with E-state index in [-0.39, 0.29) is 11.5 Å². The summed E-state index contributed by atoms with van der Waals surface area (Å²) in [6.07, 6.45) is 1.29. The first-order valence-electron chi connectivity index (χ1n) is 6.06. The number of carbonyl (C=O) groups is 1. The van der Waals surface area contributed by atoms with Crippen LogP contribution in [0.25, 0.3) is 0 Å². The summed E-state index contributed by atoms with van der Waals surface area (Å²) >= 11 is 2.18. The Morgan fingerprint density at radius 1 is 1.05 bits per heavy atom. The number of aromatic hydroxyl groups is 2. The molecule has 5 heteroatoms. The van der Waals surface area contributed by atoms with Crippen molar-refractivity contribution in [2.24, 2.45) is 5.73 Å². The Labute approximate surface area is 130 Å². The molecular formula is C15H14INO3.